The number of hydrogen-bond acceptors (Lipinski definition) is 6. The number of aliphatic hydroxyl groups is 2. The Morgan fingerprint density at radius 3 is 1.08 bits per heavy atom. The van der Waals surface area contributed by atoms with Gasteiger partial charge in [-0.3, -0.25) is 0 Å². The molecule has 2 bridgehead atoms. The molecule has 6 heteroatoms. The Kier molecular flexibility index (Phi) is 14.7. The van der Waals surface area contributed by atoms with E-state index in [0.717, 1.165) is 33.4 Å². The number of aliphatic hydroxyl groups excluding tert-OH is 2. The summed E-state index contributed by atoms with van der Waals surface area (Å²) < 4.78 is 33.1. The summed E-state index contributed by atoms with van der Waals surface area (Å²) in [5.74, 6) is -1.61. The molecular formula is C73H108O6. The van der Waals surface area contributed by atoms with Gasteiger partial charge in [0.2, 0.25) is 5.79 Å². The summed E-state index contributed by atoms with van der Waals surface area (Å²) in [6, 6.07) is 20.0. The van der Waals surface area contributed by atoms with E-state index in [2.05, 4.69) is 229 Å². The SMILES string of the molecule is CC(C)(C)c1cc2c(c(C(C)(C)C)c1)C1OC(C(C)(C)CO)(OC3(c4c(cc(C(C)(C)C)cc4C(C)(C)C)Cc4cc(C(C)(C)C)cc(C(C)(C)C)c43)C13COC(C(C)(C)CO)OC3)c1c(cc(C(C)(C)C)cc1C(C)(C)C)C2. The molecule has 8 rings (SSSR count). The molecule has 2 spiro atoms. The zero-order chi connectivity index (χ0) is 59.6. The van der Waals surface area contributed by atoms with E-state index in [-0.39, 0.29) is 53.5 Å². The van der Waals surface area contributed by atoms with E-state index in [4.69, 9.17) is 14.2 Å². The molecular weight excluding hydrogens is 973 g/mol. The van der Waals surface area contributed by atoms with Crippen LogP contribution < -0.4 is 0 Å². The van der Waals surface area contributed by atoms with Crippen LogP contribution in [0.4, 0.5) is 0 Å². The lowest BCUT2D eigenvalue weighted by Gasteiger charge is -2.69. The van der Waals surface area contributed by atoms with Crippen molar-refractivity contribution in [1.82, 2.24) is 0 Å². The third kappa shape index (κ3) is 10.1. The van der Waals surface area contributed by atoms with Gasteiger partial charge in [0.15, 0.2) is 6.29 Å². The number of benzene rings is 4. The Bertz CT molecular complexity index is 2890. The third-order valence-corrected chi connectivity index (χ3v) is 18.8. The Hall–Kier alpha value is -3.36. The largest absolute Gasteiger partial charge is 0.396 e. The molecule has 0 radical (unpaired) electrons. The fourth-order valence-corrected chi connectivity index (χ4v) is 13.6. The summed E-state index contributed by atoms with van der Waals surface area (Å²) in [5.41, 5.74) is 12.7. The first kappa shape index (κ1) is 61.7. The van der Waals surface area contributed by atoms with E-state index in [1.54, 1.807) is 0 Å². The van der Waals surface area contributed by atoms with Gasteiger partial charge in [-0.15, -0.1) is 0 Å². The smallest absolute Gasteiger partial charge is 0.204 e. The number of fused-ring (bicyclic) bond motifs is 12. The predicted molar refractivity (Wildman–Crippen MR) is 328 cm³/mol. The zero-order valence-corrected chi connectivity index (χ0v) is 55.0. The summed E-state index contributed by atoms with van der Waals surface area (Å²) in [5, 5.41) is 23.8. The molecule has 436 valence electrons. The van der Waals surface area contributed by atoms with Gasteiger partial charge in [0.25, 0.3) is 0 Å². The number of hydrogen-bond donors (Lipinski definition) is 2. The van der Waals surface area contributed by atoms with Gasteiger partial charge >= 0.3 is 0 Å². The standard InChI is InChI=1S/C73H108O6/c1-61(2,3)47-31-43-29-46-34-50(64(10,11)12)38-54(68(22,23)24)58(46)73(70(27,28)40-75)78-59(55(43)51(35-47)65(13,14)15)71(41-76-60(77-42-71)69(25,26)39-74)72(79-73)56-44(32-48(62(4,5)6)36-52(56)66(16,17)18)30-45-33-49(63(7,8)9)37-53(57(45)72)67(19,20)21/h31-38,59-60,74-75H,29-30,39-42H2,1-28H3. The van der Waals surface area contributed by atoms with Crippen molar-refractivity contribution in [2.45, 2.75) is 274 Å². The molecule has 2 unspecified atom stereocenters. The molecule has 4 aromatic rings. The van der Waals surface area contributed by atoms with Crippen LogP contribution in [0.1, 0.15) is 289 Å². The van der Waals surface area contributed by atoms with Crippen LogP contribution in [-0.4, -0.2) is 42.9 Å². The van der Waals surface area contributed by atoms with Crippen LogP contribution in [0.3, 0.4) is 0 Å². The Balaban J connectivity index is 1.80. The van der Waals surface area contributed by atoms with Gasteiger partial charge in [0.1, 0.15) is 11.7 Å². The van der Waals surface area contributed by atoms with Crippen LogP contribution in [0.25, 0.3) is 0 Å². The molecule has 3 heterocycles. The molecule has 4 aliphatic rings. The van der Waals surface area contributed by atoms with Crippen LogP contribution in [0.2, 0.25) is 0 Å². The minimum Gasteiger partial charge on any atom is -0.396 e. The van der Waals surface area contributed by atoms with E-state index in [1.165, 1.54) is 55.6 Å². The summed E-state index contributed by atoms with van der Waals surface area (Å²) in [6.07, 6.45) is -0.135. The normalized spacial score (nSPS) is 23.2. The van der Waals surface area contributed by atoms with Gasteiger partial charge in [-0.1, -0.05) is 242 Å². The Labute approximate surface area is 481 Å². The van der Waals surface area contributed by atoms with Crippen LogP contribution in [0, 0.1) is 16.2 Å². The van der Waals surface area contributed by atoms with Crippen LogP contribution in [-0.2, 0) is 86.5 Å². The molecule has 1 aliphatic carbocycles. The summed E-state index contributed by atoms with van der Waals surface area (Å²) in [7, 11) is 0. The van der Waals surface area contributed by atoms with Gasteiger partial charge < -0.3 is 29.2 Å². The van der Waals surface area contributed by atoms with Gasteiger partial charge in [0, 0.05) is 16.4 Å². The lowest BCUT2D eigenvalue weighted by molar-refractivity contribution is -0.464. The van der Waals surface area contributed by atoms with Crippen molar-refractivity contribution in [3.05, 3.63) is 138 Å². The molecule has 6 nitrogen and oxygen atoms in total. The third-order valence-electron chi connectivity index (χ3n) is 18.8. The van der Waals surface area contributed by atoms with E-state index >= 15 is 0 Å². The minimum atomic E-state index is -1.61. The van der Waals surface area contributed by atoms with Crippen molar-refractivity contribution in [1.29, 1.82) is 0 Å². The monoisotopic (exact) mass is 1080 g/mol. The van der Waals surface area contributed by atoms with Crippen LogP contribution in [0.15, 0.2) is 48.5 Å². The average Bonchev–Trinajstić information content (AvgIpc) is 2.15. The first-order chi connectivity index (χ1) is 35.5. The van der Waals surface area contributed by atoms with E-state index in [1.807, 2.05) is 13.8 Å². The predicted octanol–water partition coefficient (Wildman–Crippen LogP) is 17.2. The number of ether oxygens (including phenoxy) is 4. The summed E-state index contributed by atoms with van der Waals surface area (Å²) in [4.78, 5) is 0. The lowest BCUT2D eigenvalue weighted by Crippen LogP contribution is -2.72. The van der Waals surface area contributed by atoms with Crippen LogP contribution >= 0.6 is 0 Å². The topological polar surface area (TPSA) is 77.4 Å². The summed E-state index contributed by atoms with van der Waals surface area (Å²) >= 11 is 0. The highest BCUT2D eigenvalue weighted by atomic mass is 16.7. The van der Waals surface area contributed by atoms with Crippen molar-refractivity contribution in [2.75, 3.05) is 26.4 Å². The van der Waals surface area contributed by atoms with Crippen LogP contribution in [0.5, 0.6) is 0 Å². The van der Waals surface area contributed by atoms with Gasteiger partial charge in [-0.05, 0) is 140 Å². The molecule has 0 aromatic heterocycles. The second-order valence-corrected chi connectivity index (χ2v) is 34.8. The van der Waals surface area contributed by atoms with Crippen molar-refractivity contribution < 1.29 is 29.2 Å². The molecule has 79 heavy (non-hydrogen) atoms. The second kappa shape index (κ2) is 18.8. The molecule has 0 amide bonds. The minimum absolute atomic E-state index is 0.116. The zero-order valence-electron chi connectivity index (χ0n) is 55.0. The highest BCUT2D eigenvalue weighted by Crippen LogP contribution is 2.73. The van der Waals surface area contributed by atoms with Gasteiger partial charge in [0.05, 0.1) is 31.8 Å². The molecule has 3 aliphatic heterocycles. The second-order valence-electron chi connectivity index (χ2n) is 34.8. The van der Waals surface area contributed by atoms with E-state index in [9.17, 15) is 14.9 Å². The fourth-order valence-electron chi connectivity index (χ4n) is 13.6. The van der Waals surface area contributed by atoms with E-state index in [0.29, 0.717) is 12.8 Å². The molecule has 2 saturated heterocycles. The molecule has 2 atom stereocenters. The maximum atomic E-state index is 12.6. The molecule has 2 N–H and O–H groups in total. The van der Waals surface area contributed by atoms with Crippen molar-refractivity contribution >= 4 is 0 Å². The summed E-state index contributed by atoms with van der Waals surface area (Å²) in [6.45, 7) is 64.8. The number of rotatable bonds is 4. The Morgan fingerprint density at radius 1 is 0.405 bits per heavy atom. The fraction of sp³-hybridized carbons (Fsp3) is 0.671. The first-order valence-electron chi connectivity index (χ1n) is 30.1. The molecule has 2 fully saturated rings. The highest BCUT2D eigenvalue weighted by Gasteiger charge is 2.75. The van der Waals surface area contributed by atoms with Crippen molar-refractivity contribution in [2.24, 2.45) is 16.2 Å². The van der Waals surface area contributed by atoms with Crippen molar-refractivity contribution in [3.8, 4) is 0 Å². The Morgan fingerprint density at radius 2 is 0.734 bits per heavy atom. The molecule has 0 saturated carbocycles. The average molecular weight is 1080 g/mol. The maximum Gasteiger partial charge on any atom is 0.204 e. The maximum absolute atomic E-state index is 12.6. The van der Waals surface area contributed by atoms with E-state index < -0.39 is 56.3 Å². The lowest BCUT2D eigenvalue weighted by atomic mass is 9.51. The van der Waals surface area contributed by atoms with Crippen molar-refractivity contribution in [3.63, 3.8) is 0 Å². The van der Waals surface area contributed by atoms with Gasteiger partial charge in [-0.2, -0.15) is 0 Å². The molecule has 4 aromatic carbocycles. The quantitative estimate of drug-likeness (QED) is 0.212. The van der Waals surface area contributed by atoms with Gasteiger partial charge in [-0.25, -0.2) is 0 Å². The highest BCUT2D eigenvalue weighted by molar-refractivity contribution is 5.66. The first-order valence-corrected chi connectivity index (χ1v) is 30.1.